The first kappa shape index (κ1) is 11.7. The van der Waals surface area contributed by atoms with Crippen LogP contribution in [0.3, 0.4) is 0 Å². The number of alkyl halides is 3. The Balaban J connectivity index is 2.61. The van der Waals surface area contributed by atoms with Crippen molar-refractivity contribution in [3.8, 4) is 0 Å². The Hall–Kier alpha value is -1.77. The fourth-order valence-electron chi connectivity index (χ4n) is 1.86. The maximum Gasteiger partial charge on any atom is 0.405 e. The summed E-state index contributed by atoms with van der Waals surface area (Å²) in [5.74, 6) is 0. The molecule has 1 aromatic carbocycles. The van der Waals surface area contributed by atoms with Gasteiger partial charge in [0.1, 0.15) is 5.41 Å². The van der Waals surface area contributed by atoms with E-state index in [2.05, 4.69) is 0 Å². The van der Waals surface area contributed by atoms with E-state index in [1.54, 1.807) is 30.4 Å². The molecule has 0 saturated carbocycles. The van der Waals surface area contributed by atoms with Gasteiger partial charge in [0.2, 0.25) is 0 Å². The van der Waals surface area contributed by atoms with Crippen LogP contribution in [0.1, 0.15) is 5.56 Å². The third-order valence-electron chi connectivity index (χ3n) is 2.77. The number of allylic oxidation sites excluding steroid dienone is 6. The molecule has 0 atom stereocenters. The van der Waals surface area contributed by atoms with Gasteiger partial charge in [0.15, 0.2) is 0 Å². The van der Waals surface area contributed by atoms with Gasteiger partial charge < -0.3 is 0 Å². The lowest BCUT2D eigenvalue weighted by atomic mass is 9.79. The van der Waals surface area contributed by atoms with Gasteiger partial charge in [-0.05, 0) is 5.56 Å². The fraction of sp³-hybridized carbons (Fsp3) is 0.143. The standard InChI is InChI=1S/C14H11F3/c15-14(16,17)13(10-6-1-2-7-11-13)12-8-4-3-5-9-12/h1-11H. The van der Waals surface area contributed by atoms with E-state index in [1.165, 1.54) is 36.4 Å². The molecule has 0 nitrogen and oxygen atoms in total. The van der Waals surface area contributed by atoms with Crippen molar-refractivity contribution in [2.24, 2.45) is 0 Å². The molecule has 0 aliphatic heterocycles. The van der Waals surface area contributed by atoms with Gasteiger partial charge in [-0.25, -0.2) is 0 Å². The molecular formula is C14H11F3. The first-order valence-corrected chi connectivity index (χ1v) is 5.22. The van der Waals surface area contributed by atoms with Crippen LogP contribution < -0.4 is 0 Å². The molecule has 0 heterocycles. The lowest BCUT2D eigenvalue weighted by Crippen LogP contribution is -2.38. The summed E-state index contributed by atoms with van der Waals surface area (Å²) in [5, 5.41) is 0. The van der Waals surface area contributed by atoms with Gasteiger partial charge in [0.05, 0.1) is 0 Å². The Morgan fingerprint density at radius 2 is 1.29 bits per heavy atom. The van der Waals surface area contributed by atoms with Gasteiger partial charge in [0, 0.05) is 0 Å². The topological polar surface area (TPSA) is 0 Å². The average Bonchev–Trinajstić information content (AvgIpc) is 2.55. The molecule has 0 unspecified atom stereocenters. The van der Waals surface area contributed by atoms with Gasteiger partial charge in [-0.3, -0.25) is 0 Å². The molecule has 3 heteroatoms. The Bertz CT molecular complexity index is 448. The van der Waals surface area contributed by atoms with Crippen LogP contribution in [0.5, 0.6) is 0 Å². The molecule has 2 rings (SSSR count). The number of benzene rings is 1. The van der Waals surface area contributed by atoms with Crippen molar-refractivity contribution >= 4 is 0 Å². The summed E-state index contributed by atoms with van der Waals surface area (Å²) in [6.07, 6.45) is 4.05. The predicted molar refractivity (Wildman–Crippen MR) is 61.6 cm³/mol. The van der Waals surface area contributed by atoms with Crippen LogP contribution >= 0.6 is 0 Å². The SMILES string of the molecule is FC(F)(F)C1(c2ccccc2)C=CC=CC=C1. The zero-order valence-electron chi connectivity index (χ0n) is 8.98. The number of rotatable bonds is 1. The van der Waals surface area contributed by atoms with Crippen LogP contribution in [-0.2, 0) is 5.41 Å². The van der Waals surface area contributed by atoms with E-state index in [-0.39, 0.29) is 5.56 Å². The number of halogens is 3. The van der Waals surface area contributed by atoms with Gasteiger partial charge >= 0.3 is 6.18 Å². The Labute approximate surface area is 97.8 Å². The second-order valence-corrected chi connectivity index (χ2v) is 3.84. The van der Waals surface area contributed by atoms with Crippen LogP contribution in [0, 0.1) is 0 Å². The minimum atomic E-state index is -4.35. The molecule has 17 heavy (non-hydrogen) atoms. The van der Waals surface area contributed by atoms with Crippen LogP contribution in [0.4, 0.5) is 13.2 Å². The summed E-state index contributed by atoms with van der Waals surface area (Å²) in [6, 6.07) is 7.92. The predicted octanol–water partition coefficient (Wildman–Crippen LogP) is 4.17. The van der Waals surface area contributed by atoms with Crippen molar-refractivity contribution in [2.45, 2.75) is 11.6 Å². The highest BCUT2D eigenvalue weighted by molar-refractivity contribution is 5.42. The van der Waals surface area contributed by atoms with E-state index < -0.39 is 11.6 Å². The lowest BCUT2D eigenvalue weighted by Gasteiger charge is -2.30. The molecule has 1 aliphatic carbocycles. The molecule has 0 aromatic heterocycles. The van der Waals surface area contributed by atoms with Crippen molar-refractivity contribution in [1.82, 2.24) is 0 Å². The summed E-state index contributed by atoms with van der Waals surface area (Å²) in [5.41, 5.74) is -1.80. The van der Waals surface area contributed by atoms with E-state index in [4.69, 9.17) is 0 Å². The molecule has 0 N–H and O–H groups in total. The quantitative estimate of drug-likeness (QED) is 0.686. The second kappa shape index (κ2) is 4.24. The molecule has 0 bridgehead atoms. The Morgan fingerprint density at radius 3 is 1.76 bits per heavy atom. The van der Waals surface area contributed by atoms with Crippen molar-refractivity contribution in [1.29, 1.82) is 0 Å². The van der Waals surface area contributed by atoms with Gasteiger partial charge in [-0.1, -0.05) is 66.8 Å². The van der Waals surface area contributed by atoms with Crippen molar-refractivity contribution in [3.63, 3.8) is 0 Å². The zero-order valence-corrected chi connectivity index (χ0v) is 8.98. The first-order chi connectivity index (χ1) is 8.06. The van der Waals surface area contributed by atoms with Gasteiger partial charge in [0.25, 0.3) is 0 Å². The summed E-state index contributed by atoms with van der Waals surface area (Å²) in [7, 11) is 0. The van der Waals surface area contributed by atoms with Crippen molar-refractivity contribution < 1.29 is 13.2 Å². The van der Waals surface area contributed by atoms with Gasteiger partial charge in [-0.2, -0.15) is 13.2 Å². The minimum Gasteiger partial charge on any atom is -0.169 e. The van der Waals surface area contributed by atoms with E-state index >= 15 is 0 Å². The van der Waals surface area contributed by atoms with E-state index in [1.807, 2.05) is 0 Å². The Kier molecular flexibility index (Phi) is 2.92. The molecule has 1 aromatic rings. The van der Waals surface area contributed by atoms with Crippen molar-refractivity contribution in [3.05, 3.63) is 72.4 Å². The largest absolute Gasteiger partial charge is 0.405 e. The molecule has 0 saturated heterocycles. The average molecular weight is 236 g/mol. The highest BCUT2D eigenvalue weighted by Crippen LogP contribution is 2.44. The highest BCUT2D eigenvalue weighted by Gasteiger charge is 2.52. The maximum absolute atomic E-state index is 13.3. The van der Waals surface area contributed by atoms with E-state index in [0.29, 0.717) is 0 Å². The monoisotopic (exact) mass is 236 g/mol. The van der Waals surface area contributed by atoms with E-state index in [0.717, 1.165) is 0 Å². The second-order valence-electron chi connectivity index (χ2n) is 3.84. The molecule has 1 aliphatic rings. The summed E-state index contributed by atoms with van der Waals surface area (Å²) >= 11 is 0. The zero-order chi connectivity index (χ0) is 12.4. The molecule has 0 radical (unpaired) electrons. The third kappa shape index (κ3) is 2.05. The molecular weight excluding hydrogens is 225 g/mol. The maximum atomic E-state index is 13.3. The fourth-order valence-corrected chi connectivity index (χ4v) is 1.86. The molecule has 0 spiro atoms. The van der Waals surface area contributed by atoms with Crippen LogP contribution in [-0.4, -0.2) is 6.18 Å². The van der Waals surface area contributed by atoms with Crippen molar-refractivity contribution in [2.75, 3.05) is 0 Å². The van der Waals surface area contributed by atoms with E-state index in [9.17, 15) is 13.2 Å². The normalized spacial score (nSPS) is 18.1. The molecule has 88 valence electrons. The van der Waals surface area contributed by atoms with Gasteiger partial charge in [-0.15, -0.1) is 0 Å². The number of hydrogen-bond acceptors (Lipinski definition) is 0. The smallest absolute Gasteiger partial charge is 0.169 e. The minimum absolute atomic E-state index is 0.226. The highest BCUT2D eigenvalue weighted by atomic mass is 19.4. The summed E-state index contributed by atoms with van der Waals surface area (Å²) < 4.78 is 40.0. The van der Waals surface area contributed by atoms with Crippen LogP contribution in [0.2, 0.25) is 0 Å². The molecule has 0 fully saturated rings. The lowest BCUT2D eigenvalue weighted by molar-refractivity contribution is -0.162. The summed E-state index contributed by atoms with van der Waals surface area (Å²) in [6.45, 7) is 0. The third-order valence-corrected chi connectivity index (χ3v) is 2.77. The van der Waals surface area contributed by atoms with Crippen LogP contribution in [0.15, 0.2) is 66.8 Å². The molecule has 0 amide bonds. The van der Waals surface area contributed by atoms with Crippen LogP contribution in [0.25, 0.3) is 0 Å². The first-order valence-electron chi connectivity index (χ1n) is 5.22. The summed E-state index contributed by atoms with van der Waals surface area (Å²) in [4.78, 5) is 0. The number of hydrogen-bond donors (Lipinski definition) is 0. The Morgan fingerprint density at radius 1 is 0.765 bits per heavy atom.